The average molecular weight is 438 g/mol. The van der Waals surface area contributed by atoms with Crippen molar-refractivity contribution in [2.75, 3.05) is 6.26 Å². The van der Waals surface area contributed by atoms with Crippen molar-refractivity contribution >= 4 is 17.4 Å². The van der Waals surface area contributed by atoms with E-state index in [1.54, 1.807) is 30.0 Å². The van der Waals surface area contributed by atoms with Crippen molar-refractivity contribution in [2.24, 2.45) is 0 Å². The van der Waals surface area contributed by atoms with Gasteiger partial charge in [0.2, 0.25) is 0 Å². The second-order valence-electron chi connectivity index (χ2n) is 7.48. The zero-order chi connectivity index (χ0) is 21.5. The zero-order valence-corrected chi connectivity index (χ0v) is 17.5. The number of alkyl halides is 2. The van der Waals surface area contributed by atoms with Gasteiger partial charge in [-0.05, 0) is 54.1 Å². The van der Waals surface area contributed by atoms with Crippen LogP contribution in [0.1, 0.15) is 35.4 Å². The van der Waals surface area contributed by atoms with E-state index in [1.165, 1.54) is 11.0 Å². The molecule has 31 heavy (non-hydrogen) atoms. The predicted molar refractivity (Wildman–Crippen MR) is 117 cm³/mol. The first-order valence-electron chi connectivity index (χ1n) is 9.93. The van der Waals surface area contributed by atoms with Crippen LogP contribution in [0.5, 0.6) is 5.75 Å². The van der Waals surface area contributed by atoms with Crippen LogP contribution >= 0.6 is 11.8 Å². The third-order valence-electron chi connectivity index (χ3n) is 5.72. The molecule has 2 atom stereocenters. The molecule has 2 aromatic carbocycles. The quantitative estimate of drug-likeness (QED) is 0.395. The first kappa shape index (κ1) is 20.0. The summed E-state index contributed by atoms with van der Waals surface area (Å²) in [5.74, 6) is -0.176. The molecule has 0 saturated carbocycles. The summed E-state index contributed by atoms with van der Waals surface area (Å²) in [4.78, 5) is 5.81. The van der Waals surface area contributed by atoms with Crippen molar-refractivity contribution in [3.8, 4) is 16.9 Å². The zero-order valence-electron chi connectivity index (χ0n) is 16.7. The van der Waals surface area contributed by atoms with E-state index in [-0.39, 0.29) is 11.7 Å². The number of nitrogens with zero attached hydrogens (tertiary/aromatic N) is 2. The minimum atomic E-state index is -2.91. The second kappa shape index (κ2) is 7.98. The lowest BCUT2D eigenvalue weighted by atomic mass is 9.95. The first-order valence-corrected chi connectivity index (χ1v) is 11.2. The Kier molecular flexibility index (Phi) is 5.16. The van der Waals surface area contributed by atoms with Gasteiger partial charge in [-0.2, -0.15) is 8.78 Å². The van der Waals surface area contributed by atoms with Gasteiger partial charge in [-0.15, -0.1) is 11.8 Å². The lowest BCUT2D eigenvalue weighted by Gasteiger charge is -2.17. The number of aliphatic hydroxyl groups excluding tert-OH is 1. The molecular weight excluding hydrogens is 418 g/mol. The smallest absolute Gasteiger partial charge is 0.387 e. The van der Waals surface area contributed by atoms with Gasteiger partial charge in [0.05, 0.1) is 17.5 Å². The molecular formula is C24H20F2N2O2S. The molecule has 0 amide bonds. The lowest BCUT2D eigenvalue weighted by Crippen LogP contribution is -2.08. The van der Waals surface area contributed by atoms with Crippen LogP contribution in [0.4, 0.5) is 8.78 Å². The summed E-state index contributed by atoms with van der Waals surface area (Å²) in [7, 11) is 0. The number of ether oxygens (including phenoxy) is 1. The fourth-order valence-corrected chi connectivity index (χ4v) is 4.73. The predicted octanol–water partition coefficient (Wildman–Crippen LogP) is 5.89. The molecule has 1 aliphatic carbocycles. The highest BCUT2D eigenvalue weighted by atomic mass is 32.2. The van der Waals surface area contributed by atoms with E-state index in [1.807, 2.05) is 29.0 Å². The largest absolute Gasteiger partial charge is 0.435 e. The highest BCUT2D eigenvalue weighted by Gasteiger charge is 2.37. The van der Waals surface area contributed by atoms with E-state index in [2.05, 4.69) is 29.2 Å². The Morgan fingerprint density at radius 2 is 1.81 bits per heavy atom. The minimum absolute atomic E-state index is 0.126. The fraction of sp³-hybridized carbons (Fsp3) is 0.208. The second-order valence-corrected chi connectivity index (χ2v) is 8.36. The van der Waals surface area contributed by atoms with Crippen molar-refractivity contribution in [3.05, 3.63) is 83.8 Å². The van der Waals surface area contributed by atoms with Crippen molar-refractivity contribution in [3.63, 3.8) is 0 Å². The van der Waals surface area contributed by atoms with Crippen LogP contribution in [0.15, 0.2) is 71.8 Å². The summed E-state index contributed by atoms with van der Waals surface area (Å²) >= 11 is 1.69. The average Bonchev–Trinajstić information content (AvgIpc) is 3.31. The van der Waals surface area contributed by atoms with E-state index in [0.29, 0.717) is 23.3 Å². The standard InChI is InChI=1S/C24H20F2N2O2S/c1-31-16-9-6-14(7-10-16)15-8-11-21-27-22-19(29)12-18(23(22)28(21)13-15)17-4-2-3-5-20(17)30-24(25)26/h2-11,13,18-19,24,29H,12H2,1H3. The Morgan fingerprint density at radius 3 is 2.55 bits per heavy atom. The van der Waals surface area contributed by atoms with Crippen LogP contribution in [0, 0.1) is 0 Å². The molecule has 0 spiro atoms. The molecule has 2 heterocycles. The molecule has 0 radical (unpaired) electrons. The summed E-state index contributed by atoms with van der Waals surface area (Å²) in [5.41, 5.74) is 4.82. The Hall–Kier alpha value is -2.90. The van der Waals surface area contributed by atoms with Crippen LogP contribution in [0.3, 0.4) is 0 Å². The van der Waals surface area contributed by atoms with Gasteiger partial charge in [-0.3, -0.25) is 0 Å². The number of halogens is 2. The molecule has 2 unspecified atom stereocenters. The minimum Gasteiger partial charge on any atom is -0.435 e. The normalized spacial score (nSPS) is 18.0. The molecule has 2 aromatic heterocycles. The van der Waals surface area contributed by atoms with Gasteiger partial charge in [0, 0.05) is 22.6 Å². The number of thioether (sulfide) groups is 1. The van der Waals surface area contributed by atoms with Crippen molar-refractivity contribution in [2.45, 2.75) is 29.9 Å². The number of para-hydroxylation sites is 1. The Morgan fingerprint density at radius 1 is 1.06 bits per heavy atom. The van der Waals surface area contributed by atoms with E-state index >= 15 is 0 Å². The number of rotatable bonds is 5. The van der Waals surface area contributed by atoms with Crippen LogP contribution in [-0.2, 0) is 0 Å². The molecule has 7 heteroatoms. The Balaban J connectivity index is 1.63. The number of fused-ring (bicyclic) bond motifs is 3. The monoisotopic (exact) mass is 438 g/mol. The highest BCUT2D eigenvalue weighted by Crippen LogP contribution is 2.47. The van der Waals surface area contributed by atoms with Crippen LogP contribution in [0.2, 0.25) is 0 Å². The molecule has 0 saturated heterocycles. The first-order chi connectivity index (χ1) is 15.0. The van der Waals surface area contributed by atoms with Crippen molar-refractivity contribution in [1.82, 2.24) is 9.38 Å². The maximum atomic E-state index is 13.0. The Labute approximate surface area is 182 Å². The molecule has 0 fully saturated rings. The lowest BCUT2D eigenvalue weighted by molar-refractivity contribution is -0.0505. The third-order valence-corrected chi connectivity index (χ3v) is 6.47. The summed E-state index contributed by atoms with van der Waals surface area (Å²) in [6, 6.07) is 19.0. The van der Waals surface area contributed by atoms with E-state index in [4.69, 9.17) is 4.74 Å². The summed E-state index contributed by atoms with van der Waals surface area (Å²) in [6.45, 7) is -2.91. The van der Waals surface area contributed by atoms with Gasteiger partial charge in [0.15, 0.2) is 0 Å². The van der Waals surface area contributed by atoms with Crippen LogP contribution < -0.4 is 4.74 Å². The number of hydrogen-bond acceptors (Lipinski definition) is 4. The number of imidazole rings is 1. The SMILES string of the molecule is CSc1ccc(-c2ccc3nc4c(n3c2)C(c2ccccc2OC(F)F)CC4O)cc1. The summed E-state index contributed by atoms with van der Waals surface area (Å²) < 4.78 is 32.6. The topological polar surface area (TPSA) is 46.8 Å². The van der Waals surface area contributed by atoms with Gasteiger partial charge < -0.3 is 14.2 Å². The molecule has 0 bridgehead atoms. The summed E-state index contributed by atoms with van der Waals surface area (Å²) in [6.07, 6.45) is 3.65. The van der Waals surface area contributed by atoms with Crippen LogP contribution in [0.25, 0.3) is 16.8 Å². The van der Waals surface area contributed by atoms with Gasteiger partial charge in [0.25, 0.3) is 0 Å². The summed E-state index contributed by atoms with van der Waals surface area (Å²) in [5, 5.41) is 10.7. The number of aliphatic hydroxyl groups is 1. The maximum Gasteiger partial charge on any atom is 0.387 e. The highest BCUT2D eigenvalue weighted by molar-refractivity contribution is 7.98. The molecule has 5 rings (SSSR count). The number of hydrogen-bond donors (Lipinski definition) is 1. The number of aromatic nitrogens is 2. The number of pyridine rings is 1. The van der Waals surface area contributed by atoms with Crippen molar-refractivity contribution < 1.29 is 18.6 Å². The molecule has 4 aromatic rings. The van der Waals surface area contributed by atoms with E-state index in [0.717, 1.165) is 16.8 Å². The van der Waals surface area contributed by atoms with Crippen molar-refractivity contribution in [1.29, 1.82) is 0 Å². The fourth-order valence-electron chi connectivity index (χ4n) is 4.32. The van der Waals surface area contributed by atoms with Gasteiger partial charge in [-0.1, -0.05) is 30.3 Å². The molecule has 4 nitrogen and oxygen atoms in total. The van der Waals surface area contributed by atoms with Gasteiger partial charge in [0.1, 0.15) is 11.4 Å². The number of benzene rings is 2. The van der Waals surface area contributed by atoms with Gasteiger partial charge >= 0.3 is 6.61 Å². The van der Waals surface area contributed by atoms with E-state index in [9.17, 15) is 13.9 Å². The van der Waals surface area contributed by atoms with Crippen LogP contribution in [-0.4, -0.2) is 27.4 Å². The van der Waals surface area contributed by atoms with Gasteiger partial charge in [-0.25, -0.2) is 4.98 Å². The molecule has 158 valence electrons. The molecule has 1 aliphatic rings. The maximum absolute atomic E-state index is 13.0. The molecule has 0 aliphatic heterocycles. The van der Waals surface area contributed by atoms with E-state index < -0.39 is 12.7 Å². The Bertz CT molecular complexity index is 1240. The third kappa shape index (κ3) is 3.58. The molecule has 1 N–H and O–H groups in total.